The van der Waals surface area contributed by atoms with Crippen LogP contribution in [-0.2, 0) is 6.54 Å². The maximum Gasteiger partial charge on any atom is 0.317 e. The van der Waals surface area contributed by atoms with Crippen molar-refractivity contribution in [2.75, 3.05) is 32.7 Å². The van der Waals surface area contributed by atoms with Gasteiger partial charge in [0, 0.05) is 55.1 Å². The van der Waals surface area contributed by atoms with Crippen molar-refractivity contribution in [3.63, 3.8) is 0 Å². The number of rotatable bonds is 9. The van der Waals surface area contributed by atoms with Gasteiger partial charge in [-0.25, -0.2) is 14.2 Å². The Kier molecular flexibility index (Phi) is 10.8. The molecular weight excluding hydrogens is 625 g/mol. The molecule has 49 heavy (non-hydrogen) atoms. The molecule has 3 heterocycles. The second-order valence-electron chi connectivity index (χ2n) is 13.7. The highest BCUT2D eigenvalue weighted by Crippen LogP contribution is 2.20. The summed E-state index contributed by atoms with van der Waals surface area (Å²) in [6, 6.07) is 11.9. The number of hydrogen-bond acceptors (Lipinski definition) is 6. The Bertz CT molecular complexity index is 2050. The standard InChI is InChI=1S/C37H44FN7O4/c1-24(2)32-29(39-23-45(32)15-7-14-43-16-18-44(19-17-43)36(49)42-37(3,4)5)22-31-35(48)40-30(34(47)41-31)21-25-8-6-9-27(20-25)33(46)26-10-12-28(38)13-11-26/h6,8-13,20-24H,7,14-19H2,1-5H3,(H,40,48)(H,41,47)(H,42,49)/b30-21-,31-22-. The molecule has 0 radical (unpaired) electrons. The molecule has 1 saturated heterocycles. The summed E-state index contributed by atoms with van der Waals surface area (Å²) in [6.07, 6.45) is 5.76. The van der Waals surface area contributed by atoms with Crippen molar-refractivity contribution < 1.29 is 14.0 Å². The number of carbonyl (C=O) groups is 2. The molecule has 0 bridgehead atoms. The fourth-order valence-corrected chi connectivity index (χ4v) is 5.90. The number of urea groups is 1. The van der Waals surface area contributed by atoms with Gasteiger partial charge in [0.15, 0.2) is 5.78 Å². The van der Waals surface area contributed by atoms with Gasteiger partial charge in [-0.3, -0.25) is 19.3 Å². The number of carbonyl (C=O) groups excluding carboxylic acids is 2. The van der Waals surface area contributed by atoms with Gasteiger partial charge in [0.1, 0.15) is 16.5 Å². The van der Waals surface area contributed by atoms with Crippen LogP contribution in [0.5, 0.6) is 0 Å². The molecule has 0 saturated carbocycles. The summed E-state index contributed by atoms with van der Waals surface area (Å²) < 4.78 is 15.4. The van der Waals surface area contributed by atoms with Gasteiger partial charge in [0.05, 0.1) is 12.0 Å². The normalized spacial score (nSPS) is 14.9. The van der Waals surface area contributed by atoms with Crippen LogP contribution in [0, 0.1) is 5.82 Å². The molecule has 5 rings (SSSR count). The van der Waals surface area contributed by atoms with Crippen LogP contribution in [-0.4, -0.2) is 79.4 Å². The summed E-state index contributed by atoms with van der Waals surface area (Å²) >= 11 is 0. The molecule has 2 amide bonds. The first kappa shape index (κ1) is 35.2. The summed E-state index contributed by atoms with van der Waals surface area (Å²) in [7, 11) is 0. The maximum absolute atomic E-state index is 13.3. The monoisotopic (exact) mass is 669 g/mol. The zero-order chi connectivity index (χ0) is 35.3. The molecule has 1 aliphatic rings. The van der Waals surface area contributed by atoms with E-state index in [2.05, 4.69) is 43.6 Å². The van der Waals surface area contributed by atoms with E-state index in [1.165, 1.54) is 30.3 Å². The van der Waals surface area contributed by atoms with Crippen LogP contribution < -0.4 is 27.1 Å². The maximum atomic E-state index is 13.3. The van der Waals surface area contributed by atoms with E-state index in [-0.39, 0.29) is 34.0 Å². The largest absolute Gasteiger partial charge is 0.334 e. The highest BCUT2D eigenvalue weighted by atomic mass is 19.1. The summed E-state index contributed by atoms with van der Waals surface area (Å²) in [4.78, 5) is 65.7. The fourth-order valence-electron chi connectivity index (χ4n) is 5.90. The van der Waals surface area contributed by atoms with Gasteiger partial charge in [0.2, 0.25) is 0 Å². The Balaban J connectivity index is 1.28. The first-order valence-electron chi connectivity index (χ1n) is 16.6. The molecule has 2 aromatic heterocycles. The number of amides is 2. The van der Waals surface area contributed by atoms with Crippen LogP contribution in [0.1, 0.15) is 79.8 Å². The smallest absolute Gasteiger partial charge is 0.317 e. The average molecular weight is 670 g/mol. The summed E-state index contributed by atoms with van der Waals surface area (Å²) in [5.74, 6) is -0.608. The van der Waals surface area contributed by atoms with E-state index < -0.39 is 16.9 Å². The lowest BCUT2D eigenvalue weighted by molar-refractivity contribution is 0.103. The number of ketones is 1. The van der Waals surface area contributed by atoms with E-state index in [1.54, 1.807) is 36.7 Å². The van der Waals surface area contributed by atoms with E-state index in [0.717, 1.165) is 38.3 Å². The van der Waals surface area contributed by atoms with Crippen molar-refractivity contribution in [3.05, 3.63) is 120 Å². The third kappa shape index (κ3) is 9.08. The molecule has 4 aromatic rings. The molecule has 11 nitrogen and oxygen atoms in total. The van der Waals surface area contributed by atoms with E-state index in [1.807, 2.05) is 25.7 Å². The van der Waals surface area contributed by atoms with Gasteiger partial charge in [-0.15, -0.1) is 0 Å². The number of hydrogen-bond donors (Lipinski definition) is 3. The van der Waals surface area contributed by atoms with Crippen LogP contribution in [0.3, 0.4) is 0 Å². The molecule has 0 unspecified atom stereocenters. The number of piperazine rings is 1. The van der Waals surface area contributed by atoms with E-state index in [9.17, 15) is 23.6 Å². The molecule has 258 valence electrons. The topological polar surface area (TPSA) is 136 Å². The predicted molar refractivity (Wildman–Crippen MR) is 188 cm³/mol. The van der Waals surface area contributed by atoms with Crippen molar-refractivity contribution in [1.82, 2.24) is 34.6 Å². The van der Waals surface area contributed by atoms with Crippen molar-refractivity contribution in [1.29, 1.82) is 0 Å². The van der Waals surface area contributed by atoms with Crippen molar-refractivity contribution in [2.24, 2.45) is 0 Å². The summed E-state index contributed by atoms with van der Waals surface area (Å²) in [5.41, 5.74) is 1.57. The molecule has 0 aliphatic carbocycles. The number of H-pyrrole nitrogens is 2. The first-order chi connectivity index (χ1) is 23.3. The number of aryl methyl sites for hydroxylation is 1. The number of aromatic amines is 2. The fraction of sp³-hybridized carbons (Fsp3) is 0.378. The van der Waals surface area contributed by atoms with Crippen LogP contribution in [0.25, 0.3) is 12.2 Å². The third-order valence-corrected chi connectivity index (χ3v) is 8.30. The van der Waals surface area contributed by atoms with Crippen LogP contribution in [0.4, 0.5) is 9.18 Å². The lowest BCUT2D eigenvalue weighted by atomic mass is 10.0. The number of aromatic nitrogens is 4. The molecule has 0 atom stereocenters. The van der Waals surface area contributed by atoms with Crippen LogP contribution in [0.15, 0.2) is 64.4 Å². The number of imidazole rings is 1. The van der Waals surface area contributed by atoms with Gasteiger partial charge in [-0.05, 0) is 87.7 Å². The molecule has 0 spiro atoms. The zero-order valence-electron chi connectivity index (χ0n) is 28.7. The van der Waals surface area contributed by atoms with Crippen LogP contribution in [0.2, 0.25) is 0 Å². The van der Waals surface area contributed by atoms with Gasteiger partial charge < -0.3 is 24.8 Å². The van der Waals surface area contributed by atoms with E-state index in [0.29, 0.717) is 35.5 Å². The second kappa shape index (κ2) is 15.0. The van der Waals surface area contributed by atoms with Crippen molar-refractivity contribution >= 4 is 24.0 Å². The zero-order valence-corrected chi connectivity index (χ0v) is 28.7. The molecule has 2 aromatic carbocycles. The summed E-state index contributed by atoms with van der Waals surface area (Å²) in [6.45, 7) is 14.7. The molecule has 1 aliphatic heterocycles. The van der Waals surface area contributed by atoms with Gasteiger partial charge in [0.25, 0.3) is 11.1 Å². The van der Waals surface area contributed by atoms with E-state index >= 15 is 0 Å². The Morgan fingerprint density at radius 1 is 0.918 bits per heavy atom. The minimum atomic E-state index is -0.498. The Labute approximate surface area is 284 Å². The minimum absolute atomic E-state index is 0.0219. The molecule has 12 heteroatoms. The first-order valence-corrected chi connectivity index (χ1v) is 16.6. The average Bonchev–Trinajstić information content (AvgIpc) is 3.45. The Morgan fingerprint density at radius 2 is 1.57 bits per heavy atom. The summed E-state index contributed by atoms with van der Waals surface area (Å²) in [5, 5.41) is 3.16. The molecule has 1 fully saturated rings. The minimum Gasteiger partial charge on any atom is -0.334 e. The Morgan fingerprint density at radius 3 is 2.20 bits per heavy atom. The van der Waals surface area contributed by atoms with Gasteiger partial charge in [-0.1, -0.05) is 32.0 Å². The third-order valence-electron chi connectivity index (χ3n) is 8.30. The molecular formula is C37H44FN7O4. The lowest BCUT2D eigenvalue weighted by Crippen LogP contribution is -2.55. The quantitative estimate of drug-likeness (QED) is 0.235. The number of benzene rings is 2. The highest BCUT2D eigenvalue weighted by Gasteiger charge is 2.24. The highest BCUT2D eigenvalue weighted by molar-refractivity contribution is 6.09. The van der Waals surface area contributed by atoms with Crippen molar-refractivity contribution in [2.45, 2.75) is 59.0 Å². The number of halogens is 1. The number of nitrogens with one attached hydrogen (secondary N) is 3. The Hall–Kier alpha value is -5.10. The van der Waals surface area contributed by atoms with Gasteiger partial charge in [-0.2, -0.15) is 0 Å². The van der Waals surface area contributed by atoms with Gasteiger partial charge >= 0.3 is 6.03 Å². The van der Waals surface area contributed by atoms with Crippen molar-refractivity contribution in [3.8, 4) is 0 Å². The lowest BCUT2D eigenvalue weighted by Gasteiger charge is -2.36. The van der Waals surface area contributed by atoms with E-state index in [4.69, 9.17) is 0 Å². The molecule has 3 N–H and O–H groups in total. The SMILES string of the molecule is CC(C)c1c(/C=c2\[nH]c(=O)/c(=C/c3cccc(C(=O)c4ccc(F)cc4)c3)[nH]c2=O)ncn1CCCN1CCN(C(=O)NC(C)(C)C)CC1. The predicted octanol–water partition coefficient (Wildman–Crippen LogP) is 2.93. The van der Waals surface area contributed by atoms with Crippen LogP contribution >= 0.6 is 0 Å². The second-order valence-corrected chi connectivity index (χ2v) is 13.7. The number of nitrogens with zero attached hydrogens (tertiary/aromatic N) is 4.